The second-order valence-electron chi connectivity index (χ2n) is 6.50. The summed E-state index contributed by atoms with van der Waals surface area (Å²) in [6.07, 6.45) is 0. The molecule has 1 fully saturated rings. The number of fused-ring (bicyclic) bond motifs is 1. The van der Waals surface area contributed by atoms with E-state index in [2.05, 4.69) is 15.2 Å². The molecule has 0 saturated carbocycles. The van der Waals surface area contributed by atoms with Crippen LogP contribution >= 0.6 is 11.6 Å². The van der Waals surface area contributed by atoms with E-state index in [9.17, 15) is 17.2 Å². The molecule has 3 heterocycles. The largest absolute Gasteiger partial charge is 0.772 e. The number of pyridine rings is 1. The van der Waals surface area contributed by atoms with Crippen molar-refractivity contribution in [3.63, 3.8) is 0 Å². The van der Waals surface area contributed by atoms with Gasteiger partial charge in [-0.3, -0.25) is 9.31 Å². The molecule has 4 rings (SSSR count). The van der Waals surface area contributed by atoms with Crippen molar-refractivity contribution in [3.05, 3.63) is 35.4 Å². The van der Waals surface area contributed by atoms with E-state index in [1.54, 1.807) is 18.2 Å². The van der Waals surface area contributed by atoms with Gasteiger partial charge >= 0.3 is 0 Å². The van der Waals surface area contributed by atoms with E-state index in [0.29, 0.717) is 22.3 Å². The van der Waals surface area contributed by atoms with E-state index >= 15 is 0 Å². The summed E-state index contributed by atoms with van der Waals surface area (Å²) in [5.74, 6) is 0.0366. The molecule has 0 amide bonds. The van der Waals surface area contributed by atoms with E-state index in [1.807, 2.05) is 0 Å². The van der Waals surface area contributed by atoms with Crippen LogP contribution in [0.4, 0.5) is 5.82 Å². The van der Waals surface area contributed by atoms with E-state index in [1.165, 1.54) is 16.4 Å². The zero-order chi connectivity index (χ0) is 20.1. The predicted molar refractivity (Wildman–Crippen MR) is 105 cm³/mol. The molecule has 1 atom stereocenters. The van der Waals surface area contributed by atoms with Gasteiger partial charge in [0.25, 0.3) is 0 Å². The van der Waals surface area contributed by atoms with Gasteiger partial charge in [0.05, 0.1) is 21.1 Å². The third kappa shape index (κ3) is 3.40. The molecular weight excluding hydrogens is 426 g/mol. The SMILES string of the molecule is Nc1n[nH]c2ccc(-c3ccc(S(=O)(=O)N4CC(CS(=O)[O-])C4)cc3Cl)nc12. The molecule has 3 aromatic rings. The Kier molecular flexibility index (Phi) is 4.88. The van der Waals surface area contributed by atoms with Crippen LogP contribution in [-0.4, -0.2) is 55.5 Å². The quantitative estimate of drug-likeness (QED) is 0.569. The number of halogens is 1. The van der Waals surface area contributed by atoms with Crippen molar-refractivity contribution in [3.8, 4) is 11.3 Å². The maximum atomic E-state index is 12.7. The van der Waals surface area contributed by atoms with Crippen LogP contribution in [0.15, 0.2) is 35.2 Å². The third-order valence-corrected chi connectivity index (χ3v) is 7.47. The first-order chi connectivity index (χ1) is 13.3. The maximum absolute atomic E-state index is 12.7. The first-order valence-electron chi connectivity index (χ1n) is 8.22. The van der Waals surface area contributed by atoms with Crippen molar-refractivity contribution in [2.75, 3.05) is 24.6 Å². The number of H-pyrrole nitrogens is 1. The van der Waals surface area contributed by atoms with Crippen molar-refractivity contribution in [1.82, 2.24) is 19.5 Å². The van der Waals surface area contributed by atoms with E-state index in [4.69, 9.17) is 17.3 Å². The first-order valence-corrected chi connectivity index (χ1v) is 11.3. The molecular formula is C16H15ClN5O4S2-. The smallest absolute Gasteiger partial charge is 0.243 e. The summed E-state index contributed by atoms with van der Waals surface area (Å²) in [7, 11) is -3.73. The fraction of sp³-hybridized carbons (Fsp3) is 0.250. The van der Waals surface area contributed by atoms with Crippen LogP contribution in [0.3, 0.4) is 0 Å². The average Bonchev–Trinajstić information content (AvgIpc) is 2.98. The normalized spacial score (nSPS) is 16.9. The zero-order valence-corrected chi connectivity index (χ0v) is 16.7. The lowest BCUT2D eigenvalue weighted by Crippen LogP contribution is -2.51. The summed E-state index contributed by atoms with van der Waals surface area (Å²) >= 11 is 4.16. The number of rotatable bonds is 5. The molecule has 2 aromatic heterocycles. The summed E-state index contributed by atoms with van der Waals surface area (Å²) in [4.78, 5) is 4.48. The highest BCUT2D eigenvalue weighted by atomic mass is 35.5. The second kappa shape index (κ2) is 7.08. The van der Waals surface area contributed by atoms with Gasteiger partial charge in [-0.15, -0.1) is 0 Å². The number of nitrogen functional groups attached to an aromatic ring is 1. The Labute approximate surface area is 168 Å². The van der Waals surface area contributed by atoms with Crippen LogP contribution in [0.2, 0.25) is 5.02 Å². The molecule has 0 spiro atoms. The first kappa shape index (κ1) is 19.3. The number of nitrogens with one attached hydrogen (secondary N) is 1. The molecule has 0 radical (unpaired) electrons. The molecule has 148 valence electrons. The Balaban J connectivity index is 1.60. The van der Waals surface area contributed by atoms with Crippen molar-refractivity contribution < 1.29 is 17.2 Å². The summed E-state index contributed by atoms with van der Waals surface area (Å²) in [5, 5.41) is 6.88. The third-order valence-electron chi connectivity index (χ3n) is 4.58. The molecule has 3 N–H and O–H groups in total. The van der Waals surface area contributed by atoms with Crippen molar-refractivity contribution in [2.45, 2.75) is 4.90 Å². The van der Waals surface area contributed by atoms with Gasteiger partial charge in [0.2, 0.25) is 10.0 Å². The highest BCUT2D eigenvalue weighted by molar-refractivity contribution is 7.89. The molecule has 1 aliphatic rings. The lowest BCUT2D eigenvalue weighted by molar-refractivity contribution is 0.219. The second-order valence-corrected chi connectivity index (χ2v) is 9.79. The predicted octanol–water partition coefficient (Wildman–Crippen LogP) is 1.36. The Morgan fingerprint density at radius 3 is 2.75 bits per heavy atom. The minimum atomic E-state index is -3.73. The van der Waals surface area contributed by atoms with Crippen LogP contribution in [0.1, 0.15) is 0 Å². The Bertz CT molecular complexity index is 1190. The number of nitrogens with two attached hydrogens (primary N) is 1. The molecule has 1 unspecified atom stereocenters. The Hall–Kier alpha value is -2.05. The number of sulfonamides is 1. The van der Waals surface area contributed by atoms with Crippen LogP contribution in [0.5, 0.6) is 0 Å². The van der Waals surface area contributed by atoms with Crippen LogP contribution in [0, 0.1) is 5.92 Å². The number of hydrogen-bond donors (Lipinski definition) is 2. The van der Waals surface area contributed by atoms with Crippen LogP contribution < -0.4 is 5.73 Å². The van der Waals surface area contributed by atoms with Crippen molar-refractivity contribution in [2.24, 2.45) is 5.92 Å². The topological polar surface area (TPSA) is 145 Å². The standard InChI is InChI=1S/C16H16ClN5O4S2/c17-12-5-10(28(25,26)22-6-9(7-22)8-27(23)24)1-2-11(12)13-3-4-14-15(19-13)16(18)21-20-14/h1-5,9H,6-8H2,(H,23,24)(H3,18,20,21)/p-1. The molecule has 1 aromatic carbocycles. The van der Waals surface area contributed by atoms with Crippen molar-refractivity contribution >= 4 is 49.6 Å². The van der Waals surface area contributed by atoms with Gasteiger partial charge in [0, 0.05) is 24.4 Å². The van der Waals surface area contributed by atoms with Crippen LogP contribution in [0.25, 0.3) is 22.3 Å². The van der Waals surface area contributed by atoms with E-state index in [0.717, 1.165) is 0 Å². The lowest BCUT2D eigenvalue weighted by atomic mass is 10.1. The number of nitrogens with zero attached hydrogens (tertiary/aromatic N) is 3. The molecule has 12 heteroatoms. The Morgan fingerprint density at radius 2 is 2.07 bits per heavy atom. The molecule has 0 aliphatic carbocycles. The number of hydrogen-bond acceptors (Lipinski definition) is 7. The fourth-order valence-electron chi connectivity index (χ4n) is 3.10. The van der Waals surface area contributed by atoms with Gasteiger partial charge in [0.1, 0.15) is 5.52 Å². The molecule has 9 nitrogen and oxygen atoms in total. The fourth-order valence-corrected chi connectivity index (χ4v) is 5.65. The minimum Gasteiger partial charge on any atom is -0.772 e. The highest BCUT2D eigenvalue weighted by Crippen LogP contribution is 2.33. The van der Waals surface area contributed by atoms with Gasteiger partial charge in [-0.2, -0.15) is 9.40 Å². The summed E-state index contributed by atoms with van der Waals surface area (Å²) in [5.41, 5.74) is 8.07. The zero-order valence-electron chi connectivity index (χ0n) is 14.3. The summed E-state index contributed by atoms with van der Waals surface area (Å²) < 4.78 is 48.1. The molecule has 28 heavy (non-hydrogen) atoms. The lowest BCUT2D eigenvalue weighted by Gasteiger charge is -2.38. The van der Waals surface area contributed by atoms with Gasteiger partial charge < -0.3 is 10.3 Å². The minimum absolute atomic E-state index is 0.0446. The van der Waals surface area contributed by atoms with Crippen molar-refractivity contribution in [1.29, 1.82) is 0 Å². The number of anilines is 1. The van der Waals surface area contributed by atoms with Gasteiger partial charge in [-0.05, 0) is 36.2 Å². The van der Waals surface area contributed by atoms with Gasteiger partial charge in [0.15, 0.2) is 5.82 Å². The maximum Gasteiger partial charge on any atom is 0.243 e. The summed E-state index contributed by atoms with van der Waals surface area (Å²) in [6, 6.07) is 7.92. The van der Waals surface area contributed by atoms with Crippen LogP contribution in [-0.2, 0) is 21.1 Å². The Morgan fingerprint density at radius 1 is 1.32 bits per heavy atom. The molecule has 0 bridgehead atoms. The van der Waals surface area contributed by atoms with Gasteiger partial charge in [-0.25, -0.2) is 13.4 Å². The number of aromatic amines is 1. The molecule has 1 aliphatic heterocycles. The summed E-state index contributed by atoms with van der Waals surface area (Å²) in [6.45, 7) is 0.349. The number of aromatic nitrogens is 3. The number of benzene rings is 1. The molecule has 1 saturated heterocycles. The van der Waals surface area contributed by atoms with E-state index in [-0.39, 0.29) is 40.5 Å². The van der Waals surface area contributed by atoms with Gasteiger partial charge in [-0.1, -0.05) is 22.7 Å². The highest BCUT2D eigenvalue weighted by Gasteiger charge is 2.36. The monoisotopic (exact) mass is 440 g/mol. The average molecular weight is 441 g/mol. The van der Waals surface area contributed by atoms with E-state index < -0.39 is 21.1 Å².